The van der Waals surface area contributed by atoms with Gasteiger partial charge in [0.2, 0.25) is 0 Å². The number of hydrogen-bond donors (Lipinski definition) is 0. The maximum atomic E-state index is 14.0. The summed E-state index contributed by atoms with van der Waals surface area (Å²) in [6.07, 6.45) is 7.05. The molecule has 2 aromatic carbocycles. The lowest BCUT2D eigenvalue weighted by atomic mass is 9.69. The van der Waals surface area contributed by atoms with Crippen LogP contribution in [0.15, 0.2) is 79.1 Å². The first kappa shape index (κ1) is 20.0. The number of nitriles is 2. The summed E-state index contributed by atoms with van der Waals surface area (Å²) in [5.41, 5.74) is 1.53. The van der Waals surface area contributed by atoms with Crippen LogP contribution < -0.4 is 4.90 Å². The highest BCUT2D eigenvalue weighted by Gasteiger charge is 2.63. The number of pyridine rings is 1. The van der Waals surface area contributed by atoms with Crippen LogP contribution in [-0.4, -0.2) is 22.9 Å². The van der Waals surface area contributed by atoms with Gasteiger partial charge in [0.15, 0.2) is 11.2 Å². The number of para-hydroxylation sites is 1. The van der Waals surface area contributed by atoms with Crippen molar-refractivity contribution in [2.45, 2.75) is 18.0 Å². The van der Waals surface area contributed by atoms with Gasteiger partial charge in [0.1, 0.15) is 6.04 Å². The molecule has 32 heavy (non-hydrogen) atoms. The fourth-order valence-corrected chi connectivity index (χ4v) is 5.09. The van der Waals surface area contributed by atoms with Crippen LogP contribution in [0, 0.1) is 28.1 Å². The van der Waals surface area contributed by atoms with Crippen molar-refractivity contribution in [2.75, 3.05) is 4.90 Å². The Morgan fingerprint density at radius 1 is 1.00 bits per heavy atom. The summed E-state index contributed by atoms with van der Waals surface area (Å²) in [5, 5.41) is 21.3. The molecule has 2 aliphatic heterocycles. The number of carbonyl (C=O) groups excluding carboxylic acids is 1. The predicted molar refractivity (Wildman–Crippen MR) is 122 cm³/mol. The number of benzene rings is 2. The largest absolute Gasteiger partial charge is 0.351 e. The van der Waals surface area contributed by atoms with Crippen molar-refractivity contribution in [3.63, 3.8) is 0 Å². The van der Waals surface area contributed by atoms with E-state index >= 15 is 0 Å². The molecule has 1 saturated heterocycles. The van der Waals surface area contributed by atoms with Gasteiger partial charge in [-0.3, -0.25) is 9.78 Å². The molecule has 5 nitrogen and oxygen atoms in total. The van der Waals surface area contributed by atoms with E-state index in [0.29, 0.717) is 10.6 Å². The van der Waals surface area contributed by atoms with Crippen molar-refractivity contribution in [3.8, 4) is 12.1 Å². The number of rotatable bonds is 3. The summed E-state index contributed by atoms with van der Waals surface area (Å²) in [5.74, 6) is -0.838. The lowest BCUT2D eigenvalue weighted by Crippen LogP contribution is -2.44. The molecule has 6 heteroatoms. The van der Waals surface area contributed by atoms with E-state index in [1.807, 2.05) is 41.3 Å². The van der Waals surface area contributed by atoms with Crippen molar-refractivity contribution in [1.29, 1.82) is 10.5 Å². The summed E-state index contributed by atoms with van der Waals surface area (Å²) in [6.45, 7) is 0. The number of carbonyl (C=O) groups is 1. The first-order chi connectivity index (χ1) is 15.6. The van der Waals surface area contributed by atoms with Gasteiger partial charge in [-0.1, -0.05) is 42.0 Å². The van der Waals surface area contributed by atoms with Crippen LogP contribution in [0.1, 0.15) is 27.4 Å². The van der Waals surface area contributed by atoms with E-state index < -0.39 is 23.4 Å². The van der Waals surface area contributed by atoms with Gasteiger partial charge >= 0.3 is 0 Å². The Morgan fingerprint density at radius 3 is 2.38 bits per heavy atom. The highest BCUT2D eigenvalue weighted by atomic mass is 35.5. The first-order valence-electron chi connectivity index (χ1n) is 10.2. The van der Waals surface area contributed by atoms with Crippen LogP contribution >= 0.6 is 11.6 Å². The maximum Gasteiger partial charge on any atom is 0.185 e. The molecular weight excluding hydrogens is 420 g/mol. The molecule has 0 bridgehead atoms. The number of aromatic nitrogens is 1. The smallest absolute Gasteiger partial charge is 0.185 e. The molecule has 0 amide bonds. The van der Waals surface area contributed by atoms with Crippen LogP contribution in [0.3, 0.4) is 0 Å². The third kappa shape index (κ3) is 2.83. The van der Waals surface area contributed by atoms with Crippen LogP contribution in [0.2, 0.25) is 5.02 Å². The van der Waals surface area contributed by atoms with Crippen molar-refractivity contribution in [3.05, 3.63) is 101 Å². The molecule has 0 spiro atoms. The van der Waals surface area contributed by atoms with E-state index in [0.717, 1.165) is 16.8 Å². The van der Waals surface area contributed by atoms with Crippen LogP contribution in [0.5, 0.6) is 0 Å². The lowest BCUT2D eigenvalue weighted by Gasteiger charge is -2.35. The summed E-state index contributed by atoms with van der Waals surface area (Å²) < 4.78 is 0. The zero-order chi connectivity index (χ0) is 22.3. The Kier molecular flexibility index (Phi) is 4.78. The normalized spacial score (nSPS) is 22.3. The minimum atomic E-state index is -1.46. The van der Waals surface area contributed by atoms with E-state index in [2.05, 4.69) is 17.1 Å². The standard InChI is InChI=1S/C26H17ClN4O/c27-20-8-5-19(6-9-20)25(32)24-23(18-11-13-30-14-12-18)26(15-28,16-29)22-10-7-17-3-1-2-4-21(17)31(22)24/h1-14,22-24H/t22-,23-,24-/m1/s1. The average molecular weight is 437 g/mol. The molecule has 0 unspecified atom stereocenters. The average Bonchev–Trinajstić information content (AvgIpc) is 3.15. The van der Waals surface area contributed by atoms with Crippen LogP contribution in [-0.2, 0) is 0 Å². The van der Waals surface area contributed by atoms with Gasteiger partial charge < -0.3 is 4.90 Å². The number of Topliss-reactive ketones (excluding diaryl/α,β-unsaturated/α-hetero) is 1. The van der Waals surface area contributed by atoms with Crippen molar-refractivity contribution in [1.82, 2.24) is 4.98 Å². The van der Waals surface area contributed by atoms with E-state index in [1.54, 1.807) is 48.8 Å². The second-order valence-corrected chi connectivity index (χ2v) is 8.37. The van der Waals surface area contributed by atoms with E-state index in [-0.39, 0.29) is 5.78 Å². The van der Waals surface area contributed by atoms with E-state index in [1.165, 1.54) is 0 Å². The SMILES string of the molecule is N#CC1(C#N)[C@H](c2ccncc2)[C@H](C(=O)c2ccc(Cl)cc2)N2c3ccccc3C=C[C@@H]21. The molecule has 3 atom stereocenters. The van der Waals surface area contributed by atoms with Crippen LogP contribution in [0.25, 0.3) is 6.08 Å². The number of nitrogens with zero attached hydrogens (tertiary/aromatic N) is 4. The monoisotopic (exact) mass is 436 g/mol. The second-order valence-electron chi connectivity index (χ2n) is 7.94. The first-order valence-corrected chi connectivity index (χ1v) is 10.6. The van der Waals surface area contributed by atoms with Gasteiger partial charge in [0.25, 0.3) is 0 Å². The zero-order valence-corrected chi connectivity index (χ0v) is 17.6. The molecule has 5 rings (SSSR count). The highest BCUT2D eigenvalue weighted by Crippen LogP contribution is 2.55. The Bertz CT molecular complexity index is 1290. The van der Waals surface area contributed by atoms with Gasteiger partial charge in [-0.05, 0) is 53.6 Å². The van der Waals surface area contributed by atoms with Gasteiger partial charge in [-0.15, -0.1) is 0 Å². The maximum absolute atomic E-state index is 14.0. The van der Waals surface area contributed by atoms with Crippen molar-refractivity contribution < 1.29 is 4.79 Å². The highest BCUT2D eigenvalue weighted by molar-refractivity contribution is 6.30. The number of hydrogen-bond acceptors (Lipinski definition) is 5. The van der Waals surface area contributed by atoms with Gasteiger partial charge in [-0.2, -0.15) is 10.5 Å². The Hall–Kier alpha value is -3.93. The third-order valence-corrected chi connectivity index (χ3v) is 6.63. The Morgan fingerprint density at radius 2 is 1.69 bits per heavy atom. The zero-order valence-electron chi connectivity index (χ0n) is 16.9. The molecular formula is C26H17ClN4O. The second kappa shape index (κ2) is 7.64. The molecule has 0 saturated carbocycles. The molecule has 3 heterocycles. The van der Waals surface area contributed by atoms with Gasteiger partial charge in [0.05, 0.1) is 18.2 Å². The molecule has 0 aliphatic carbocycles. The predicted octanol–water partition coefficient (Wildman–Crippen LogP) is 5.02. The fourth-order valence-electron chi connectivity index (χ4n) is 4.96. The number of fused-ring (bicyclic) bond motifs is 3. The number of ketones is 1. The number of halogens is 1. The fraction of sp³-hybridized carbons (Fsp3) is 0.154. The van der Waals surface area contributed by atoms with Crippen molar-refractivity contribution >= 4 is 29.1 Å². The molecule has 154 valence electrons. The van der Waals surface area contributed by atoms with E-state index in [4.69, 9.17) is 11.6 Å². The molecule has 0 N–H and O–H groups in total. The molecule has 1 aromatic heterocycles. The summed E-state index contributed by atoms with van der Waals surface area (Å²) in [4.78, 5) is 20.0. The molecule has 0 radical (unpaired) electrons. The molecule has 3 aromatic rings. The summed E-state index contributed by atoms with van der Waals surface area (Å²) >= 11 is 6.04. The third-order valence-electron chi connectivity index (χ3n) is 6.38. The molecule has 1 fully saturated rings. The number of anilines is 1. The topological polar surface area (TPSA) is 80.8 Å². The van der Waals surface area contributed by atoms with Gasteiger partial charge in [0, 0.05) is 34.6 Å². The minimum Gasteiger partial charge on any atom is -0.351 e. The Labute approximate surface area is 190 Å². The van der Waals surface area contributed by atoms with Crippen LogP contribution in [0.4, 0.5) is 5.69 Å². The van der Waals surface area contributed by atoms with Crippen molar-refractivity contribution in [2.24, 2.45) is 5.41 Å². The summed E-state index contributed by atoms with van der Waals surface area (Å²) in [6, 6.07) is 21.3. The van der Waals surface area contributed by atoms with E-state index in [9.17, 15) is 15.3 Å². The molecule has 2 aliphatic rings. The quantitative estimate of drug-likeness (QED) is 0.538. The summed E-state index contributed by atoms with van der Waals surface area (Å²) in [7, 11) is 0. The minimum absolute atomic E-state index is 0.161. The Balaban J connectivity index is 1.78. The van der Waals surface area contributed by atoms with Gasteiger partial charge in [-0.25, -0.2) is 0 Å². The lowest BCUT2D eigenvalue weighted by molar-refractivity contribution is 0.0951.